The fourth-order valence-electron chi connectivity index (χ4n) is 7.61. The molecule has 4 saturated carbocycles. The van der Waals surface area contributed by atoms with Crippen LogP contribution in [-0.2, 0) is 0 Å². The van der Waals surface area contributed by atoms with Gasteiger partial charge in [0.25, 0.3) is 0 Å². The smallest absolute Gasteiger partial charge is 0.0836 e. The van der Waals surface area contributed by atoms with E-state index in [2.05, 4.69) is 26.8 Å². The van der Waals surface area contributed by atoms with Crippen molar-refractivity contribution in [3.63, 3.8) is 0 Å². The first kappa shape index (κ1) is 18.0. The van der Waals surface area contributed by atoms with Crippen molar-refractivity contribution in [1.82, 2.24) is 0 Å². The molecule has 0 aromatic rings. The minimum Gasteiger partial charge on any atom is -0.390 e. The summed E-state index contributed by atoms with van der Waals surface area (Å²) >= 11 is 0. The van der Waals surface area contributed by atoms with Crippen LogP contribution in [0.3, 0.4) is 0 Å². The van der Waals surface area contributed by atoms with E-state index >= 15 is 0 Å². The Labute approximate surface area is 151 Å². The molecule has 0 aliphatic heterocycles. The second-order valence-corrected chi connectivity index (χ2v) is 9.77. The molecule has 10 atom stereocenters. The Morgan fingerprint density at radius 2 is 1.64 bits per heavy atom. The lowest BCUT2D eigenvalue weighted by atomic mass is 9.43. The molecule has 0 saturated heterocycles. The largest absolute Gasteiger partial charge is 0.390 e. The summed E-state index contributed by atoms with van der Waals surface area (Å²) in [4.78, 5) is 0. The Hall–Kier alpha value is -0.420. The number of rotatable bonds is 0. The van der Waals surface area contributed by atoms with Crippen molar-refractivity contribution in [1.29, 1.82) is 0 Å². The maximum atomic E-state index is 11.1. The third kappa shape index (κ3) is 2.27. The molecule has 4 aliphatic carbocycles. The van der Waals surface area contributed by atoms with Gasteiger partial charge in [-0.05, 0) is 80.0 Å². The Kier molecular flexibility index (Phi) is 4.16. The number of aliphatic hydroxyl groups is 4. The first-order valence-corrected chi connectivity index (χ1v) is 10.1. The lowest BCUT2D eigenvalue weighted by Crippen LogP contribution is -2.65. The molecule has 4 heteroatoms. The summed E-state index contributed by atoms with van der Waals surface area (Å²) in [6, 6.07) is 0. The molecular formula is C21H34O4. The van der Waals surface area contributed by atoms with Crippen molar-refractivity contribution >= 4 is 0 Å². The van der Waals surface area contributed by atoms with Crippen molar-refractivity contribution in [2.45, 2.75) is 83.7 Å². The molecule has 25 heavy (non-hydrogen) atoms. The van der Waals surface area contributed by atoms with Crippen LogP contribution in [0, 0.1) is 34.5 Å². The Morgan fingerprint density at radius 1 is 0.920 bits per heavy atom. The van der Waals surface area contributed by atoms with E-state index in [0.717, 1.165) is 25.7 Å². The number of fused-ring (bicyclic) bond motifs is 5. The van der Waals surface area contributed by atoms with E-state index in [1.165, 1.54) is 5.57 Å². The molecule has 0 aromatic carbocycles. The van der Waals surface area contributed by atoms with Crippen molar-refractivity contribution in [3.05, 3.63) is 11.6 Å². The van der Waals surface area contributed by atoms with Crippen LogP contribution in [0.15, 0.2) is 11.6 Å². The Balaban J connectivity index is 1.73. The second kappa shape index (κ2) is 5.79. The maximum absolute atomic E-state index is 11.1. The van der Waals surface area contributed by atoms with Gasteiger partial charge in [-0.25, -0.2) is 0 Å². The molecule has 5 unspecified atom stereocenters. The molecule has 0 amide bonds. The lowest BCUT2D eigenvalue weighted by Gasteiger charge is -2.63. The summed E-state index contributed by atoms with van der Waals surface area (Å²) in [5.41, 5.74) is 1.46. The van der Waals surface area contributed by atoms with Crippen molar-refractivity contribution in [2.75, 3.05) is 0 Å². The van der Waals surface area contributed by atoms with Crippen LogP contribution in [-0.4, -0.2) is 44.8 Å². The predicted molar refractivity (Wildman–Crippen MR) is 95.7 cm³/mol. The molecule has 0 aromatic heterocycles. The van der Waals surface area contributed by atoms with Gasteiger partial charge in [-0.2, -0.15) is 0 Å². The zero-order chi connectivity index (χ0) is 18.1. The zero-order valence-corrected chi connectivity index (χ0v) is 15.7. The fourth-order valence-corrected chi connectivity index (χ4v) is 7.61. The van der Waals surface area contributed by atoms with Gasteiger partial charge in [-0.15, -0.1) is 0 Å². The van der Waals surface area contributed by atoms with Gasteiger partial charge in [0, 0.05) is 0 Å². The molecule has 0 spiro atoms. The zero-order valence-electron chi connectivity index (χ0n) is 15.7. The van der Waals surface area contributed by atoms with Crippen LogP contribution in [0.25, 0.3) is 0 Å². The molecule has 0 heterocycles. The average molecular weight is 350 g/mol. The first-order chi connectivity index (χ1) is 11.7. The highest BCUT2D eigenvalue weighted by Gasteiger charge is 2.64. The molecule has 4 nitrogen and oxygen atoms in total. The normalized spacial score (nSPS) is 60.0. The van der Waals surface area contributed by atoms with Gasteiger partial charge >= 0.3 is 0 Å². The van der Waals surface area contributed by atoms with E-state index in [-0.39, 0.29) is 22.7 Å². The second-order valence-electron chi connectivity index (χ2n) is 9.77. The monoisotopic (exact) mass is 350 g/mol. The summed E-state index contributed by atoms with van der Waals surface area (Å²) in [6.45, 7) is 6.66. The van der Waals surface area contributed by atoms with Gasteiger partial charge in [0.1, 0.15) is 0 Å². The van der Waals surface area contributed by atoms with Gasteiger partial charge in [-0.1, -0.05) is 25.5 Å². The Morgan fingerprint density at radius 3 is 2.32 bits per heavy atom. The standard InChI is InChI=1S/C21H34O4/c1-4-11-5-6-12-17-13(7-8-20(11,12)2)21(3)10-16(23)15(22)9-14(21)18(24)19(17)25/h4,12-19,22-25H,5-10H2,1-3H3/b11-4-/t12?,13?,14?,15-,16-,17?,18-,19?,20-,21-/m1/s1. The van der Waals surface area contributed by atoms with Crippen LogP contribution < -0.4 is 0 Å². The Bertz CT molecular complexity index is 574. The molecule has 4 N–H and O–H groups in total. The quantitative estimate of drug-likeness (QED) is 0.505. The maximum Gasteiger partial charge on any atom is 0.0836 e. The van der Waals surface area contributed by atoms with Crippen LogP contribution in [0.4, 0.5) is 0 Å². The van der Waals surface area contributed by atoms with Gasteiger partial charge in [-0.3, -0.25) is 0 Å². The summed E-state index contributed by atoms with van der Waals surface area (Å²) < 4.78 is 0. The minimum atomic E-state index is -0.801. The van der Waals surface area contributed by atoms with E-state index in [1.54, 1.807) is 0 Å². The molecule has 142 valence electrons. The van der Waals surface area contributed by atoms with Crippen molar-refractivity contribution in [3.8, 4) is 0 Å². The predicted octanol–water partition coefficient (Wildman–Crippen LogP) is 2.25. The molecule has 4 fully saturated rings. The third-order valence-electron chi connectivity index (χ3n) is 8.97. The van der Waals surface area contributed by atoms with E-state index in [0.29, 0.717) is 24.7 Å². The van der Waals surface area contributed by atoms with E-state index < -0.39 is 24.4 Å². The third-order valence-corrected chi connectivity index (χ3v) is 8.97. The van der Waals surface area contributed by atoms with Gasteiger partial charge < -0.3 is 20.4 Å². The molecule has 0 bridgehead atoms. The van der Waals surface area contributed by atoms with Gasteiger partial charge in [0.15, 0.2) is 0 Å². The number of hydrogen-bond donors (Lipinski definition) is 4. The molecule has 4 aliphatic rings. The number of aliphatic hydroxyl groups excluding tert-OH is 4. The highest BCUT2D eigenvalue weighted by Crippen LogP contribution is 2.67. The summed E-state index contributed by atoms with van der Waals surface area (Å²) in [6.07, 6.45) is 4.52. The van der Waals surface area contributed by atoms with Crippen LogP contribution in [0.5, 0.6) is 0 Å². The van der Waals surface area contributed by atoms with Crippen LogP contribution in [0.2, 0.25) is 0 Å². The van der Waals surface area contributed by atoms with Crippen molar-refractivity contribution in [2.24, 2.45) is 34.5 Å². The van der Waals surface area contributed by atoms with E-state index in [9.17, 15) is 20.4 Å². The fraction of sp³-hybridized carbons (Fsp3) is 0.905. The van der Waals surface area contributed by atoms with Gasteiger partial charge in [0.2, 0.25) is 0 Å². The molecule has 4 rings (SSSR count). The lowest BCUT2D eigenvalue weighted by molar-refractivity contribution is -0.232. The topological polar surface area (TPSA) is 80.9 Å². The molecular weight excluding hydrogens is 316 g/mol. The van der Waals surface area contributed by atoms with Crippen molar-refractivity contribution < 1.29 is 20.4 Å². The minimum absolute atomic E-state index is 0.0925. The highest BCUT2D eigenvalue weighted by atomic mass is 16.3. The van der Waals surface area contributed by atoms with Crippen LogP contribution >= 0.6 is 0 Å². The van der Waals surface area contributed by atoms with Crippen LogP contribution in [0.1, 0.15) is 59.3 Å². The number of hydrogen-bond acceptors (Lipinski definition) is 4. The van der Waals surface area contributed by atoms with E-state index in [4.69, 9.17) is 0 Å². The summed E-state index contributed by atoms with van der Waals surface area (Å²) in [5.74, 6) is 0.681. The summed E-state index contributed by atoms with van der Waals surface area (Å²) in [7, 11) is 0. The first-order valence-electron chi connectivity index (χ1n) is 10.1. The average Bonchev–Trinajstić information content (AvgIpc) is 2.91. The number of allylic oxidation sites excluding steroid dienone is 2. The highest BCUT2D eigenvalue weighted by molar-refractivity contribution is 5.25. The van der Waals surface area contributed by atoms with Gasteiger partial charge in [0.05, 0.1) is 24.4 Å². The SMILES string of the molecule is C/C=C1/CCC2C3C(O)[C@H](O)C4C[C@@H](O)[C@H](O)C[C@]4(C)C3CC[C@]12C. The van der Waals surface area contributed by atoms with E-state index in [1.807, 2.05) is 0 Å². The molecule has 0 radical (unpaired) electrons. The summed E-state index contributed by atoms with van der Waals surface area (Å²) in [5, 5.41) is 42.5.